The van der Waals surface area contributed by atoms with Gasteiger partial charge in [-0.05, 0) is 56.0 Å². The van der Waals surface area contributed by atoms with Crippen LogP contribution in [0.2, 0.25) is 0 Å². The monoisotopic (exact) mass is 397 g/mol. The molecule has 1 unspecified atom stereocenters. The lowest BCUT2D eigenvalue weighted by Gasteiger charge is -2.11. The van der Waals surface area contributed by atoms with Crippen LogP contribution in [0.15, 0.2) is 35.6 Å². The number of thiophene rings is 1. The Bertz CT molecular complexity index is 1030. The van der Waals surface area contributed by atoms with Gasteiger partial charge in [0, 0.05) is 28.4 Å². The second kappa shape index (κ2) is 7.40. The first-order valence-electron chi connectivity index (χ1n) is 8.86. The molecule has 0 aliphatic heterocycles. The molecule has 0 saturated heterocycles. The normalized spacial score (nSPS) is 14.1. The number of anilines is 1. The molecule has 1 aliphatic rings. The van der Waals surface area contributed by atoms with E-state index in [-0.39, 0.29) is 16.9 Å². The largest absolute Gasteiger partial charge is 0.326 e. The van der Waals surface area contributed by atoms with E-state index in [0.29, 0.717) is 11.3 Å². The Balaban J connectivity index is 1.55. The number of fused-ring (bicyclic) bond motifs is 3. The predicted octanol–water partition coefficient (Wildman–Crippen LogP) is 4.50. The fraction of sp³-hybridized carbons (Fsp3) is 0.300. The molecular formula is C20H19N3O2S2. The number of Topliss-reactive ketones (excluding diaryl/α,β-unsaturated/α-hetero) is 1. The Labute approximate surface area is 165 Å². The van der Waals surface area contributed by atoms with Crippen molar-refractivity contribution in [3.8, 4) is 0 Å². The zero-order chi connectivity index (χ0) is 19.0. The van der Waals surface area contributed by atoms with Crippen LogP contribution in [0.5, 0.6) is 0 Å². The predicted molar refractivity (Wildman–Crippen MR) is 110 cm³/mol. The molecule has 1 atom stereocenters. The highest BCUT2D eigenvalue weighted by atomic mass is 32.2. The molecule has 0 saturated carbocycles. The highest BCUT2D eigenvalue weighted by Gasteiger charge is 2.24. The molecule has 2 heterocycles. The van der Waals surface area contributed by atoms with Gasteiger partial charge in [0.2, 0.25) is 5.91 Å². The van der Waals surface area contributed by atoms with Crippen molar-refractivity contribution in [2.45, 2.75) is 43.4 Å². The summed E-state index contributed by atoms with van der Waals surface area (Å²) in [6.45, 7) is 3.37. The van der Waals surface area contributed by atoms with E-state index in [9.17, 15) is 9.59 Å². The third-order valence-corrected chi connectivity index (χ3v) is 6.91. The first kappa shape index (κ1) is 18.1. The second-order valence-corrected chi connectivity index (χ2v) is 9.01. The fourth-order valence-electron chi connectivity index (χ4n) is 3.37. The number of rotatable bonds is 5. The minimum absolute atomic E-state index is 0.0491. The standard InChI is InChI=1S/C20H19N3O2S2/c1-11(18(25)13-6-8-14(9-7-13)23-12(2)24)26-19-17-15-4-3-5-16(15)27-20(17)22-10-21-19/h6-11H,3-5H2,1-2H3,(H,23,24). The summed E-state index contributed by atoms with van der Waals surface area (Å²) in [6, 6.07) is 7.01. The maximum Gasteiger partial charge on any atom is 0.221 e. The Morgan fingerprint density at radius 2 is 1.96 bits per heavy atom. The average molecular weight is 398 g/mol. The Morgan fingerprint density at radius 1 is 1.19 bits per heavy atom. The summed E-state index contributed by atoms with van der Waals surface area (Å²) >= 11 is 3.25. The number of hydrogen-bond acceptors (Lipinski definition) is 6. The maximum atomic E-state index is 12.8. The molecule has 0 fully saturated rings. The van der Waals surface area contributed by atoms with Crippen LogP contribution in [0.4, 0.5) is 5.69 Å². The van der Waals surface area contributed by atoms with Crippen LogP contribution in [0.3, 0.4) is 0 Å². The van der Waals surface area contributed by atoms with Gasteiger partial charge in [-0.25, -0.2) is 9.97 Å². The van der Waals surface area contributed by atoms with Crippen molar-refractivity contribution in [2.24, 2.45) is 0 Å². The first-order chi connectivity index (χ1) is 13.0. The SMILES string of the molecule is CC(=O)Nc1ccc(C(=O)C(C)Sc2ncnc3sc4c(c23)CCC4)cc1. The lowest BCUT2D eigenvalue weighted by molar-refractivity contribution is -0.114. The number of nitrogens with zero attached hydrogens (tertiary/aromatic N) is 2. The zero-order valence-corrected chi connectivity index (χ0v) is 16.7. The van der Waals surface area contributed by atoms with E-state index in [4.69, 9.17) is 0 Å². The molecule has 27 heavy (non-hydrogen) atoms. The number of carbonyl (C=O) groups excluding carboxylic acids is 2. The summed E-state index contributed by atoms with van der Waals surface area (Å²) < 4.78 is 0. The lowest BCUT2D eigenvalue weighted by atomic mass is 10.1. The number of benzene rings is 1. The second-order valence-electron chi connectivity index (χ2n) is 6.60. The summed E-state index contributed by atoms with van der Waals surface area (Å²) in [6.07, 6.45) is 4.97. The highest BCUT2D eigenvalue weighted by Crippen LogP contribution is 2.41. The number of aromatic nitrogens is 2. The van der Waals surface area contributed by atoms with Crippen LogP contribution in [0.1, 0.15) is 41.1 Å². The number of nitrogens with one attached hydrogen (secondary N) is 1. The molecule has 1 aliphatic carbocycles. The molecule has 138 valence electrons. The summed E-state index contributed by atoms with van der Waals surface area (Å²) in [5.74, 6) is -0.0814. The molecule has 1 N–H and O–H groups in total. The van der Waals surface area contributed by atoms with Crippen molar-refractivity contribution in [3.63, 3.8) is 0 Å². The van der Waals surface area contributed by atoms with Crippen molar-refractivity contribution >= 4 is 50.7 Å². The van der Waals surface area contributed by atoms with E-state index < -0.39 is 0 Å². The van der Waals surface area contributed by atoms with E-state index in [1.165, 1.54) is 35.5 Å². The van der Waals surface area contributed by atoms with Crippen LogP contribution < -0.4 is 5.32 Å². The minimum Gasteiger partial charge on any atom is -0.326 e. The molecule has 7 heteroatoms. The molecule has 0 radical (unpaired) electrons. The van der Waals surface area contributed by atoms with Crippen LogP contribution in [0, 0.1) is 0 Å². The van der Waals surface area contributed by atoms with Crippen molar-refractivity contribution in [1.82, 2.24) is 9.97 Å². The first-order valence-corrected chi connectivity index (χ1v) is 10.6. The average Bonchev–Trinajstić information content (AvgIpc) is 3.22. The third-order valence-electron chi connectivity index (χ3n) is 4.61. The van der Waals surface area contributed by atoms with E-state index in [0.717, 1.165) is 28.1 Å². The maximum absolute atomic E-state index is 12.8. The van der Waals surface area contributed by atoms with E-state index in [1.54, 1.807) is 41.9 Å². The quantitative estimate of drug-likeness (QED) is 0.390. The van der Waals surface area contributed by atoms with Crippen LogP contribution in [0.25, 0.3) is 10.2 Å². The lowest BCUT2D eigenvalue weighted by Crippen LogP contribution is -2.14. The van der Waals surface area contributed by atoms with Gasteiger partial charge in [-0.2, -0.15) is 0 Å². The van der Waals surface area contributed by atoms with Crippen molar-refractivity contribution in [2.75, 3.05) is 5.32 Å². The van der Waals surface area contributed by atoms with Gasteiger partial charge in [0.1, 0.15) is 16.2 Å². The summed E-state index contributed by atoms with van der Waals surface area (Å²) in [4.78, 5) is 35.3. The molecule has 2 aromatic heterocycles. The number of aryl methyl sites for hydroxylation is 2. The summed E-state index contributed by atoms with van der Waals surface area (Å²) in [7, 11) is 0. The van der Waals surface area contributed by atoms with Gasteiger partial charge in [-0.15, -0.1) is 11.3 Å². The molecular weight excluding hydrogens is 378 g/mol. The molecule has 3 aromatic rings. The molecule has 1 amide bonds. The fourth-order valence-corrected chi connectivity index (χ4v) is 5.68. The van der Waals surface area contributed by atoms with Gasteiger partial charge in [-0.3, -0.25) is 9.59 Å². The van der Waals surface area contributed by atoms with Crippen LogP contribution >= 0.6 is 23.1 Å². The van der Waals surface area contributed by atoms with Gasteiger partial charge in [-0.1, -0.05) is 11.8 Å². The Hall–Kier alpha value is -2.25. The number of ketones is 1. The van der Waals surface area contributed by atoms with Crippen molar-refractivity contribution in [3.05, 3.63) is 46.6 Å². The van der Waals surface area contributed by atoms with Gasteiger partial charge < -0.3 is 5.32 Å². The molecule has 5 nitrogen and oxygen atoms in total. The zero-order valence-electron chi connectivity index (χ0n) is 15.1. The summed E-state index contributed by atoms with van der Waals surface area (Å²) in [5, 5.41) is 4.49. The molecule has 4 rings (SSSR count). The van der Waals surface area contributed by atoms with E-state index in [1.807, 2.05) is 6.92 Å². The number of carbonyl (C=O) groups is 2. The van der Waals surface area contributed by atoms with E-state index >= 15 is 0 Å². The number of hydrogen-bond donors (Lipinski definition) is 1. The van der Waals surface area contributed by atoms with Gasteiger partial charge in [0.15, 0.2) is 5.78 Å². The topological polar surface area (TPSA) is 72.0 Å². The summed E-state index contributed by atoms with van der Waals surface area (Å²) in [5.41, 5.74) is 2.69. The van der Waals surface area contributed by atoms with Crippen LogP contribution in [-0.4, -0.2) is 26.9 Å². The Kier molecular flexibility index (Phi) is 4.97. The Morgan fingerprint density at radius 3 is 2.70 bits per heavy atom. The van der Waals surface area contributed by atoms with Crippen molar-refractivity contribution < 1.29 is 9.59 Å². The smallest absolute Gasteiger partial charge is 0.221 e. The van der Waals surface area contributed by atoms with Crippen LogP contribution in [-0.2, 0) is 17.6 Å². The van der Waals surface area contributed by atoms with Gasteiger partial charge >= 0.3 is 0 Å². The van der Waals surface area contributed by atoms with Crippen molar-refractivity contribution in [1.29, 1.82) is 0 Å². The highest BCUT2D eigenvalue weighted by molar-refractivity contribution is 8.00. The molecule has 1 aromatic carbocycles. The molecule has 0 spiro atoms. The van der Waals surface area contributed by atoms with E-state index in [2.05, 4.69) is 15.3 Å². The van der Waals surface area contributed by atoms with Gasteiger partial charge in [0.05, 0.1) is 5.25 Å². The van der Waals surface area contributed by atoms with Gasteiger partial charge in [0.25, 0.3) is 0 Å². The third kappa shape index (κ3) is 3.61. The number of amides is 1. The number of thioether (sulfide) groups is 1. The minimum atomic E-state index is -0.258. The molecule has 0 bridgehead atoms.